The van der Waals surface area contributed by atoms with Gasteiger partial charge in [0.15, 0.2) is 0 Å². The molecule has 0 aliphatic carbocycles. The molecule has 0 aromatic heterocycles. The lowest BCUT2D eigenvalue weighted by Crippen LogP contribution is -2.28. The van der Waals surface area contributed by atoms with Gasteiger partial charge in [-0.15, -0.1) is 0 Å². The van der Waals surface area contributed by atoms with E-state index in [1.807, 2.05) is 30.3 Å². The number of nitrogens with zero attached hydrogens (tertiary/aromatic N) is 1. The number of likely N-dealkylation sites (N-methyl/N-ethyl adjacent to an activating group) is 1. The molecule has 0 radical (unpaired) electrons. The maximum atomic E-state index is 10.6. The zero-order chi connectivity index (χ0) is 14.5. The van der Waals surface area contributed by atoms with Crippen LogP contribution in [0.1, 0.15) is 25.5 Å². The third-order valence-corrected chi connectivity index (χ3v) is 3.81. The Labute approximate surface area is 120 Å². The molecule has 0 bridgehead atoms. The largest absolute Gasteiger partial charge is 0.496 e. The molecular formula is C17H23NO2. The Bertz CT molecular complexity index is 564. The molecule has 2 rings (SSSR count). The summed E-state index contributed by atoms with van der Waals surface area (Å²) in [6.07, 6.45) is -0.545. The molecule has 0 fully saturated rings. The summed E-state index contributed by atoms with van der Waals surface area (Å²) in [5.41, 5.74) is 0.887. The molecule has 0 aliphatic rings. The van der Waals surface area contributed by atoms with Crippen LogP contribution in [0.4, 0.5) is 0 Å². The fourth-order valence-corrected chi connectivity index (χ4v) is 2.61. The average Bonchev–Trinajstić information content (AvgIpc) is 2.51. The van der Waals surface area contributed by atoms with E-state index in [2.05, 4.69) is 24.8 Å². The second-order valence-corrected chi connectivity index (χ2v) is 4.90. The lowest BCUT2D eigenvalue weighted by atomic mass is 9.99. The molecule has 0 aliphatic heterocycles. The third-order valence-electron chi connectivity index (χ3n) is 3.81. The summed E-state index contributed by atoms with van der Waals surface area (Å²) in [6.45, 7) is 6.70. The first kappa shape index (κ1) is 14.8. The minimum Gasteiger partial charge on any atom is -0.496 e. The number of aliphatic hydroxyl groups excluding tert-OH is 1. The van der Waals surface area contributed by atoms with Crippen molar-refractivity contribution in [3.63, 3.8) is 0 Å². The van der Waals surface area contributed by atoms with Crippen LogP contribution in [0, 0.1) is 0 Å². The molecule has 2 aromatic rings. The predicted molar refractivity (Wildman–Crippen MR) is 83.2 cm³/mol. The van der Waals surface area contributed by atoms with Crippen molar-refractivity contribution < 1.29 is 9.84 Å². The van der Waals surface area contributed by atoms with Crippen LogP contribution in [0.2, 0.25) is 0 Å². The van der Waals surface area contributed by atoms with Gasteiger partial charge >= 0.3 is 0 Å². The molecule has 3 heteroatoms. The fraction of sp³-hybridized carbons (Fsp3) is 0.412. The molecule has 1 N–H and O–H groups in total. The van der Waals surface area contributed by atoms with Gasteiger partial charge in [-0.05, 0) is 29.9 Å². The number of fused-ring (bicyclic) bond motifs is 1. The molecule has 0 heterocycles. The summed E-state index contributed by atoms with van der Waals surface area (Å²) in [5, 5.41) is 12.8. The zero-order valence-corrected chi connectivity index (χ0v) is 12.5. The molecule has 2 aromatic carbocycles. The standard InChI is InChI=1S/C17H23NO2/c1-4-18(5-2)12-15(19)17-14-9-7-6-8-13(14)10-11-16(17)20-3/h6-11,15,19H,4-5,12H2,1-3H3/t15-/m0/s1. The number of methoxy groups -OCH3 is 1. The van der Waals surface area contributed by atoms with Crippen molar-refractivity contribution in [1.29, 1.82) is 0 Å². The van der Waals surface area contributed by atoms with E-state index in [1.165, 1.54) is 0 Å². The SMILES string of the molecule is CCN(CC)C[C@H](O)c1c(OC)ccc2ccccc12. The van der Waals surface area contributed by atoms with Crippen molar-refractivity contribution in [1.82, 2.24) is 4.90 Å². The van der Waals surface area contributed by atoms with Crippen LogP contribution in [-0.2, 0) is 0 Å². The lowest BCUT2D eigenvalue weighted by Gasteiger charge is -2.24. The van der Waals surface area contributed by atoms with Gasteiger partial charge in [-0.1, -0.05) is 44.2 Å². The van der Waals surface area contributed by atoms with E-state index in [1.54, 1.807) is 7.11 Å². The summed E-state index contributed by atoms with van der Waals surface area (Å²) in [6, 6.07) is 12.1. The van der Waals surface area contributed by atoms with E-state index < -0.39 is 6.10 Å². The highest BCUT2D eigenvalue weighted by Crippen LogP contribution is 2.33. The fourth-order valence-electron chi connectivity index (χ4n) is 2.61. The van der Waals surface area contributed by atoms with Gasteiger partial charge in [0.05, 0.1) is 13.2 Å². The van der Waals surface area contributed by atoms with E-state index in [0.29, 0.717) is 6.54 Å². The molecule has 0 saturated carbocycles. The van der Waals surface area contributed by atoms with Gasteiger partial charge in [-0.2, -0.15) is 0 Å². The van der Waals surface area contributed by atoms with Crippen molar-refractivity contribution in [2.45, 2.75) is 20.0 Å². The van der Waals surface area contributed by atoms with Crippen LogP contribution in [0.5, 0.6) is 5.75 Å². The third kappa shape index (κ3) is 2.94. The molecule has 0 amide bonds. The van der Waals surface area contributed by atoms with Crippen molar-refractivity contribution in [2.75, 3.05) is 26.7 Å². The molecular weight excluding hydrogens is 250 g/mol. The van der Waals surface area contributed by atoms with E-state index in [-0.39, 0.29) is 0 Å². The highest BCUT2D eigenvalue weighted by molar-refractivity contribution is 5.88. The monoisotopic (exact) mass is 273 g/mol. The Hall–Kier alpha value is -1.58. The predicted octanol–water partition coefficient (Wildman–Crippen LogP) is 3.22. The first-order chi connectivity index (χ1) is 9.71. The minimum absolute atomic E-state index is 0.545. The Morgan fingerprint density at radius 3 is 2.45 bits per heavy atom. The zero-order valence-electron chi connectivity index (χ0n) is 12.5. The van der Waals surface area contributed by atoms with E-state index in [0.717, 1.165) is 35.2 Å². The molecule has 0 saturated heterocycles. The van der Waals surface area contributed by atoms with Crippen molar-refractivity contribution in [3.05, 3.63) is 42.0 Å². The smallest absolute Gasteiger partial charge is 0.125 e. The quantitative estimate of drug-likeness (QED) is 0.877. The van der Waals surface area contributed by atoms with Crippen LogP contribution in [0.15, 0.2) is 36.4 Å². The van der Waals surface area contributed by atoms with Gasteiger partial charge in [-0.25, -0.2) is 0 Å². The highest BCUT2D eigenvalue weighted by Gasteiger charge is 2.18. The minimum atomic E-state index is -0.545. The second-order valence-electron chi connectivity index (χ2n) is 4.90. The van der Waals surface area contributed by atoms with Crippen LogP contribution in [0.25, 0.3) is 10.8 Å². The molecule has 20 heavy (non-hydrogen) atoms. The van der Waals surface area contributed by atoms with Crippen molar-refractivity contribution in [3.8, 4) is 5.75 Å². The Morgan fingerprint density at radius 2 is 1.80 bits per heavy atom. The number of hydrogen-bond acceptors (Lipinski definition) is 3. The van der Waals surface area contributed by atoms with Gasteiger partial charge in [0.2, 0.25) is 0 Å². The maximum Gasteiger partial charge on any atom is 0.125 e. The van der Waals surface area contributed by atoms with Gasteiger partial charge < -0.3 is 14.7 Å². The number of hydrogen-bond donors (Lipinski definition) is 1. The van der Waals surface area contributed by atoms with Gasteiger partial charge in [0.25, 0.3) is 0 Å². The summed E-state index contributed by atoms with van der Waals surface area (Å²) >= 11 is 0. The van der Waals surface area contributed by atoms with E-state index in [9.17, 15) is 5.11 Å². The van der Waals surface area contributed by atoms with Crippen LogP contribution < -0.4 is 4.74 Å². The number of benzene rings is 2. The number of rotatable bonds is 6. The summed E-state index contributed by atoms with van der Waals surface area (Å²) in [5.74, 6) is 0.753. The average molecular weight is 273 g/mol. The first-order valence-electron chi connectivity index (χ1n) is 7.17. The highest BCUT2D eigenvalue weighted by atomic mass is 16.5. The normalized spacial score (nSPS) is 12.8. The van der Waals surface area contributed by atoms with E-state index >= 15 is 0 Å². The molecule has 0 unspecified atom stereocenters. The molecule has 1 atom stereocenters. The van der Waals surface area contributed by atoms with Crippen LogP contribution in [-0.4, -0.2) is 36.8 Å². The second kappa shape index (κ2) is 6.73. The van der Waals surface area contributed by atoms with Crippen molar-refractivity contribution >= 4 is 10.8 Å². The molecule has 0 spiro atoms. The molecule has 108 valence electrons. The van der Waals surface area contributed by atoms with Gasteiger partial charge in [0.1, 0.15) is 5.75 Å². The Balaban J connectivity index is 2.44. The van der Waals surface area contributed by atoms with Crippen LogP contribution in [0.3, 0.4) is 0 Å². The van der Waals surface area contributed by atoms with Gasteiger partial charge in [-0.3, -0.25) is 0 Å². The van der Waals surface area contributed by atoms with E-state index in [4.69, 9.17) is 4.74 Å². The first-order valence-corrected chi connectivity index (χ1v) is 7.17. The number of ether oxygens (including phenoxy) is 1. The Kier molecular flexibility index (Phi) is 4.99. The van der Waals surface area contributed by atoms with Crippen molar-refractivity contribution in [2.24, 2.45) is 0 Å². The Morgan fingerprint density at radius 1 is 1.10 bits per heavy atom. The van der Waals surface area contributed by atoms with Crippen LogP contribution >= 0.6 is 0 Å². The maximum absolute atomic E-state index is 10.6. The number of aliphatic hydroxyl groups is 1. The summed E-state index contributed by atoms with van der Waals surface area (Å²) in [4.78, 5) is 2.21. The van der Waals surface area contributed by atoms with Gasteiger partial charge in [0, 0.05) is 12.1 Å². The lowest BCUT2D eigenvalue weighted by molar-refractivity contribution is 0.118. The molecule has 3 nitrogen and oxygen atoms in total. The summed E-state index contributed by atoms with van der Waals surface area (Å²) < 4.78 is 5.44. The summed E-state index contributed by atoms with van der Waals surface area (Å²) in [7, 11) is 1.65. The topological polar surface area (TPSA) is 32.7 Å².